The van der Waals surface area contributed by atoms with Gasteiger partial charge in [-0.25, -0.2) is 4.98 Å². The molecule has 0 radical (unpaired) electrons. The average molecular weight is 335 g/mol. The summed E-state index contributed by atoms with van der Waals surface area (Å²) in [5, 5.41) is 0.567. The van der Waals surface area contributed by atoms with Crippen molar-refractivity contribution in [1.29, 1.82) is 0 Å². The number of aryl methyl sites for hydroxylation is 2. The Bertz CT molecular complexity index is 764. The number of carbonyl (C=O) groups excluding carboxylic acids is 1. The van der Waals surface area contributed by atoms with Gasteiger partial charge in [0, 0.05) is 20.1 Å². The molecule has 0 fully saturated rings. The molecule has 0 atom stereocenters. The SMILES string of the molecule is Cc1c(C(=O)N(CC(C)C)CC(C)C)sc2ncn(C)c(=O)c12. The predicted octanol–water partition coefficient (Wildman–Crippen LogP) is 3.06. The van der Waals surface area contributed by atoms with Crippen LogP contribution in [0.5, 0.6) is 0 Å². The lowest BCUT2D eigenvalue weighted by Gasteiger charge is -2.26. The zero-order valence-electron chi connectivity index (χ0n) is 14.7. The normalized spacial score (nSPS) is 11.7. The lowest BCUT2D eigenvalue weighted by molar-refractivity contribution is 0.0719. The van der Waals surface area contributed by atoms with Crippen LogP contribution < -0.4 is 5.56 Å². The van der Waals surface area contributed by atoms with Gasteiger partial charge in [0.2, 0.25) is 0 Å². The van der Waals surface area contributed by atoms with E-state index in [2.05, 4.69) is 32.7 Å². The summed E-state index contributed by atoms with van der Waals surface area (Å²) in [6.45, 7) is 11.7. The maximum Gasteiger partial charge on any atom is 0.264 e. The minimum atomic E-state index is -0.0953. The molecule has 23 heavy (non-hydrogen) atoms. The molecule has 1 amide bonds. The molecule has 0 N–H and O–H groups in total. The Kier molecular flexibility index (Phi) is 5.24. The summed E-state index contributed by atoms with van der Waals surface area (Å²) in [6, 6.07) is 0. The molecule has 0 spiro atoms. The van der Waals surface area contributed by atoms with Crippen molar-refractivity contribution in [3.05, 3.63) is 27.1 Å². The Balaban J connectivity index is 2.49. The average Bonchev–Trinajstić information content (AvgIpc) is 2.78. The number of hydrogen-bond donors (Lipinski definition) is 0. The Morgan fingerprint density at radius 1 is 1.26 bits per heavy atom. The van der Waals surface area contributed by atoms with E-state index in [1.165, 1.54) is 22.2 Å². The number of rotatable bonds is 5. The molecule has 2 heterocycles. The summed E-state index contributed by atoms with van der Waals surface area (Å²) in [6.07, 6.45) is 1.51. The zero-order valence-corrected chi connectivity index (χ0v) is 15.5. The number of carbonyl (C=O) groups is 1. The van der Waals surface area contributed by atoms with Crippen molar-refractivity contribution < 1.29 is 4.79 Å². The molecule has 0 saturated heterocycles. The van der Waals surface area contributed by atoms with Gasteiger partial charge in [-0.3, -0.25) is 9.59 Å². The van der Waals surface area contributed by atoms with Crippen LogP contribution in [0.3, 0.4) is 0 Å². The monoisotopic (exact) mass is 335 g/mol. The first-order valence-electron chi connectivity index (χ1n) is 7.96. The van der Waals surface area contributed by atoms with E-state index in [1.54, 1.807) is 7.05 Å². The first-order chi connectivity index (χ1) is 10.7. The van der Waals surface area contributed by atoms with E-state index in [0.29, 0.717) is 26.9 Å². The Labute approximate surface area is 140 Å². The number of thiophene rings is 1. The second-order valence-corrected chi connectivity index (χ2v) is 7.89. The van der Waals surface area contributed by atoms with E-state index in [4.69, 9.17) is 0 Å². The second-order valence-electron chi connectivity index (χ2n) is 6.89. The number of fused-ring (bicyclic) bond motifs is 1. The molecular formula is C17H25N3O2S. The number of nitrogens with zero attached hydrogens (tertiary/aromatic N) is 3. The zero-order chi connectivity index (χ0) is 17.3. The molecule has 0 aliphatic rings. The number of hydrogen-bond acceptors (Lipinski definition) is 4. The van der Waals surface area contributed by atoms with Gasteiger partial charge in [0.05, 0.1) is 16.6 Å². The van der Waals surface area contributed by atoms with Crippen LogP contribution in [0.25, 0.3) is 10.2 Å². The Morgan fingerprint density at radius 2 is 1.83 bits per heavy atom. The smallest absolute Gasteiger partial charge is 0.264 e. The van der Waals surface area contributed by atoms with Crippen LogP contribution in [-0.4, -0.2) is 33.4 Å². The molecule has 2 aromatic heterocycles. The molecule has 2 rings (SSSR count). The van der Waals surface area contributed by atoms with Gasteiger partial charge in [-0.05, 0) is 24.3 Å². The summed E-state index contributed by atoms with van der Waals surface area (Å²) in [5.41, 5.74) is 0.656. The maximum absolute atomic E-state index is 13.0. The van der Waals surface area contributed by atoms with Gasteiger partial charge in [-0.15, -0.1) is 11.3 Å². The molecule has 0 aliphatic carbocycles. The van der Waals surface area contributed by atoms with Gasteiger partial charge < -0.3 is 9.47 Å². The molecule has 0 saturated carbocycles. The number of amides is 1. The summed E-state index contributed by atoms with van der Waals surface area (Å²) in [7, 11) is 1.68. The fraction of sp³-hybridized carbons (Fsp3) is 0.588. The van der Waals surface area contributed by atoms with Crippen molar-refractivity contribution in [2.75, 3.05) is 13.1 Å². The van der Waals surface area contributed by atoms with Crippen LogP contribution >= 0.6 is 11.3 Å². The minimum absolute atomic E-state index is 0.00922. The van der Waals surface area contributed by atoms with Gasteiger partial charge in [-0.1, -0.05) is 27.7 Å². The molecule has 5 nitrogen and oxygen atoms in total. The molecule has 0 aliphatic heterocycles. The van der Waals surface area contributed by atoms with Crippen LogP contribution in [0.1, 0.15) is 42.9 Å². The van der Waals surface area contributed by atoms with Gasteiger partial charge in [0.1, 0.15) is 4.83 Å². The third-order valence-corrected chi connectivity index (χ3v) is 4.85. The topological polar surface area (TPSA) is 55.2 Å². The highest BCUT2D eigenvalue weighted by atomic mass is 32.1. The van der Waals surface area contributed by atoms with E-state index in [9.17, 15) is 9.59 Å². The largest absolute Gasteiger partial charge is 0.337 e. The fourth-order valence-electron chi connectivity index (χ4n) is 2.68. The summed E-state index contributed by atoms with van der Waals surface area (Å²) >= 11 is 1.32. The van der Waals surface area contributed by atoms with Crippen LogP contribution in [0.2, 0.25) is 0 Å². The lowest BCUT2D eigenvalue weighted by atomic mass is 10.1. The van der Waals surface area contributed by atoms with Crippen molar-refractivity contribution in [3.63, 3.8) is 0 Å². The molecule has 0 bridgehead atoms. The predicted molar refractivity (Wildman–Crippen MR) is 95.2 cm³/mol. The van der Waals surface area contributed by atoms with E-state index >= 15 is 0 Å². The first-order valence-corrected chi connectivity index (χ1v) is 8.78. The van der Waals surface area contributed by atoms with E-state index in [1.807, 2.05) is 11.8 Å². The van der Waals surface area contributed by atoms with Crippen molar-refractivity contribution in [1.82, 2.24) is 14.5 Å². The van der Waals surface area contributed by atoms with Gasteiger partial charge in [0.15, 0.2) is 0 Å². The third-order valence-electron chi connectivity index (χ3n) is 3.66. The fourth-order valence-corrected chi connectivity index (χ4v) is 3.79. The first kappa shape index (κ1) is 17.7. The molecule has 2 aromatic rings. The van der Waals surface area contributed by atoms with Crippen molar-refractivity contribution in [2.45, 2.75) is 34.6 Å². The minimum Gasteiger partial charge on any atom is -0.337 e. The quantitative estimate of drug-likeness (QED) is 0.844. The van der Waals surface area contributed by atoms with Crippen LogP contribution in [0, 0.1) is 18.8 Å². The third kappa shape index (κ3) is 3.63. The Hall–Kier alpha value is -1.69. The van der Waals surface area contributed by atoms with E-state index < -0.39 is 0 Å². The van der Waals surface area contributed by atoms with Crippen LogP contribution in [0.4, 0.5) is 0 Å². The highest BCUT2D eigenvalue weighted by Gasteiger charge is 2.24. The number of aromatic nitrogens is 2. The van der Waals surface area contributed by atoms with Gasteiger partial charge in [0.25, 0.3) is 11.5 Å². The van der Waals surface area contributed by atoms with E-state index in [-0.39, 0.29) is 11.5 Å². The molecule has 126 valence electrons. The van der Waals surface area contributed by atoms with E-state index in [0.717, 1.165) is 18.7 Å². The lowest BCUT2D eigenvalue weighted by Crippen LogP contribution is -2.36. The van der Waals surface area contributed by atoms with Crippen molar-refractivity contribution in [2.24, 2.45) is 18.9 Å². The van der Waals surface area contributed by atoms with Crippen molar-refractivity contribution >= 4 is 27.5 Å². The van der Waals surface area contributed by atoms with Gasteiger partial charge >= 0.3 is 0 Å². The highest BCUT2D eigenvalue weighted by molar-refractivity contribution is 7.20. The van der Waals surface area contributed by atoms with Crippen molar-refractivity contribution in [3.8, 4) is 0 Å². The second kappa shape index (κ2) is 6.83. The Morgan fingerprint density at radius 3 is 2.35 bits per heavy atom. The molecule has 0 unspecified atom stereocenters. The highest BCUT2D eigenvalue weighted by Crippen LogP contribution is 2.28. The van der Waals surface area contributed by atoms with Gasteiger partial charge in [-0.2, -0.15) is 0 Å². The van der Waals surface area contributed by atoms with Crippen LogP contribution in [0.15, 0.2) is 11.1 Å². The molecule has 6 heteroatoms. The molecular weight excluding hydrogens is 310 g/mol. The van der Waals surface area contributed by atoms with Crippen LogP contribution in [-0.2, 0) is 7.05 Å². The summed E-state index contributed by atoms with van der Waals surface area (Å²) in [4.78, 5) is 32.8. The summed E-state index contributed by atoms with van der Waals surface area (Å²) in [5.74, 6) is 0.812. The maximum atomic E-state index is 13.0. The standard InChI is InChI=1S/C17H25N3O2S/c1-10(2)7-20(8-11(3)4)17(22)14-12(5)13-15(23-14)18-9-19(6)16(13)21/h9-11H,7-8H2,1-6H3. The summed E-state index contributed by atoms with van der Waals surface area (Å²) < 4.78 is 1.45. The molecule has 0 aromatic carbocycles.